The average Bonchev–Trinajstić information content (AvgIpc) is 3.41. The van der Waals surface area contributed by atoms with Crippen LogP contribution in [0.3, 0.4) is 0 Å². The van der Waals surface area contributed by atoms with Crippen LogP contribution < -0.4 is 0 Å². The van der Waals surface area contributed by atoms with Crippen LogP contribution in [-0.2, 0) is 11.3 Å². The van der Waals surface area contributed by atoms with Gasteiger partial charge >= 0.3 is 0 Å². The molecule has 186 valence electrons. The summed E-state index contributed by atoms with van der Waals surface area (Å²) in [7, 11) is 1.00. The standard InChI is InChI=1S/C28H39N3O.CH4O/c1-18-8-11-27(2)20(14-18)4-5-21-22-6-7-24(28(22,3)12-9-23(21)27)26(32)17-31-25-16-29-13-10-19(25)15-30-31;1-2/h10,13,15-16,18,20-24H,4-9,11-12,14,17H2,1-3H3;2H,1H3/t18?,20?,21?,22?,23?,24?,27?,28-;/m0./s1. The largest absolute Gasteiger partial charge is 0.400 e. The number of pyridine rings is 1. The summed E-state index contributed by atoms with van der Waals surface area (Å²) in [6.45, 7) is 7.99. The van der Waals surface area contributed by atoms with Crippen molar-refractivity contribution in [1.29, 1.82) is 0 Å². The molecule has 0 amide bonds. The molecule has 8 atom stereocenters. The predicted molar refractivity (Wildman–Crippen MR) is 135 cm³/mol. The summed E-state index contributed by atoms with van der Waals surface area (Å²) in [6.07, 6.45) is 17.6. The summed E-state index contributed by atoms with van der Waals surface area (Å²) in [5.74, 6) is 4.93. The average molecular weight is 466 g/mol. The number of hydrogen-bond donors (Lipinski definition) is 1. The summed E-state index contributed by atoms with van der Waals surface area (Å²) in [4.78, 5) is 17.9. The zero-order valence-electron chi connectivity index (χ0n) is 21.5. The van der Waals surface area contributed by atoms with Crippen molar-refractivity contribution < 1.29 is 9.90 Å². The molecule has 5 heteroatoms. The van der Waals surface area contributed by atoms with Gasteiger partial charge in [0.2, 0.25) is 0 Å². The van der Waals surface area contributed by atoms with Crippen LogP contribution in [0.2, 0.25) is 0 Å². The van der Waals surface area contributed by atoms with Crippen molar-refractivity contribution in [2.45, 2.75) is 85.1 Å². The number of aromatic nitrogens is 3. The second kappa shape index (κ2) is 9.04. The second-order valence-corrected chi connectivity index (χ2v) is 12.4. The number of aliphatic hydroxyl groups is 1. The molecule has 0 saturated heterocycles. The van der Waals surface area contributed by atoms with E-state index in [4.69, 9.17) is 5.11 Å². The molecule has 0 aromatic carbocycles. The molecule has 7 unspecified atom stereocenters. The molecule has 34 heavy (non-hydrogen) atoms. The van der Waals surface area contributed by atoms with E-state index in [1.165, 1.54) is 51.4 Å². The molecule has 4 aliphatic carbocycles. The quantitative estimate of drug-likeness (QED) is 0.612. The Balaban J connectivity index is 0.00000117. The lowest BCUT2D eigenvalue weighted by atomic mass is 9.44. The van der Waals surface area contributed by atoms with Crippen molar-refractivity contribution in [2.24, 2.45) is 46.3 Å². The number of aliphatic hydroxyl groups excluding tert-OH is 1. The lowest BCUT2D eigenvalue weighted by Crippen LogP contribution is -2.53. The van der Waals surface area contributed by atoms with Gasteiger partial charge in [0.15, 0.2) is 5.78 Å². The lowest BCUT2D eigenvalue weighted by Gasteiger charge is -2.61. The van der Waals surface area contributed by atoms with Gasteiger partial charge in [-0.1, -0.05) is 27.2 Å². The van der Waals surface area contributed by atoms with E-state index >= 15 is 0 Å². The van der Waals surface area contributed by atoms with Crippen LogP contribution in [0.5, 0.6) is 0 Å². The highest BCUT2D eigenvalue weighted by Crippen LogP contribution is 2.67. The van der Waals surface area contributed by atoms with Crippen LogP contribution in [0.1, 0.15) is 78.6 Å². The molecule has 4 aliphatic rings. The summed E-state index contributed by atoms with van der Waals surface area (Å²) in [6, 6.07) is 1.97. The van der Waals surface area contributed by atoms with Crippen LogP contribution in [-0.4, -0.2) is 32.8 Å². The van der Waals surface area contributed by atoms with Gasteiger partial charge in [-0.3, -0.25) is 14.5 Å². The van der Waals surface area contributed by atoms with Gasteiger partial charge in [-0.2, -0.15) is 5.10 Å². The predicted octanol–water partition coefficient (Wildman–Crippen LogP) is 5.90. The van der Waals surface area contributed by atoms with Crippen molar-refractivity contribution in [3.05, 3.63) is 24.7 Å². The van der Waals surface area contributed by atoms with Gasteiger partial charge in [0.05, 0.1) is 17.9 Å². The van der Waals surface area contributed by atoms with Crippen molar-refractivity contribution >= 4 is 16.7 Å². The molecule has 0 radical (unpaired) electrons. The fraction of sp³-hybridized carbons (Fsp3) is 0.759. The van der Waals surface area contributed by atoms with Crippen LogP contribution in [0.15, 0.2) is 24.7 Å². The smallest absolute Gasteiger partial charge is 0.157 e. The van der Waals surface area contributed by atoms with Crippen molar-refractivity contribution in [3.8, 4) is 0 Å². The Morgan fingerprint density at radius 2 is 1.79 bits per heavy atom. The number of carbonyl (C=O) groups is 1. The number of hydrogen-bond acceptors (Lipinski definition) is 4. The topological polar surface area (TPSA) is 68.0 Å². The van der Waals surface area contributed by atoms with Crippen LogP contribution in [0.25, 0.3) is 10.9 Å². The van der Waals surface area contributed by atoms with Gasteiger partial charge in [-0.05, 0) is 97.9 Å². The van der Waals surface area contributed by atoms with Crippen molar-refractivity contribution in [1.82, 2.24) is 14.8 Å². The van der Waals surface area contributed by atoms with Gasteiger partial charge in [0, 0.05) is 24.6 Å². The number of nitrogens with zero attached hydrogens (tertiary/aromatic N) is 3. The highest BCUT2D eigenvalue weighted by molar-refractivity contribution is 5.84. The minimum absolute atomic E-state index is 0.185. The van der Waals surface area contributed by atoms with Crippen LogP contribution >= 0.6 is 0 Å². The summed E-state index contributed by atoms with van der Waals surface area (Å²) in [5.41, 5.74) is 1.71. The van der Waals surface area contributed by atoms with Gasteiger partial charge in [-0.25, -0.2) is 0 Å². The molecule has 0 bridgehead atoms. The van der Waals surface area contributed by atoms with E-state index in [2.05, 4.69) is 30.9 Å². The normalized spacial score (nSPS) is 41.1. The molecule has 5 nitrogen and oxygen atoms in total. The minimum Gasteiger partial charge on any atom is -0.400 e. The minimum atomic E-state index is 0.185. The van der Waals surface area contributed by atoms with Gasteiger partial charge in [-0.15, -0.1) is 0 Å². The van der Waals surface area contributed by atoms with Crippen molar-refractivity contribution in [3.63, 3.8) is 0 Å². The molecule has 0 aliphatic heterocycles. The van der Waals surface area contributed by atoms with E-state index in [1.54, 1.807) is 6.20 Å². The molecule has 1 N–H and O–H groups in total. The zero-order valence-corrected chi connectivity index (χ0v) is 21.5. The fourth-order valence-corrected chi connectivity index (χ4v) is 9.30. The van der Waals surface area contributed by atoms with Gasteiger partial charge in [0.1, 0.15) is 6.54 Å². The lowest BCUT2D eigenvalue weighted by molar-refractivity contribution is -0.137. The highest BCUT2D eigenvalue weighted by atomic mass is 16.2. The van der Waals surface area contributed by atoms with E-state index in [0.717, 1.165) is 54.0 Å². The number of ketones is 1. The second-order valence-electron chi connectivity index (χ2n) is 12.4. The molecule has 6 rings (SSSR count). The first-order valence-electron chi connectivity index (χ1n) is 13.6. The van der Waals surface area contributed by atoms with Gasteiger partial charge < -0.3 is 5.11 Å². The Morgan fingerprint density at radius 3 is 2.62 bits per heavy atom. The number of fused-ring (bicyclic) bond motifs is 6. The first-order chi connectivity index (χ1) is 16.4. The Bertz CT molecular complexity index is 1030. The van der Waals surface area contributed by atoms with E-state index < -0.39 is 0 Å². The van der Waals surface area contributed by atoms with Gasteiger partial charge in [0.25, 0.3) is 0 Å². The summed E-state index contributed by atoms with van der Waals surface area (Å²) >= 11 is 0. The maximum Gasteiger partial charge on any atom is 0.157 e. The van der Waals surface area contributed by atoms with E-state index in [9.17, 15) is 4.79 Å². The molecule has 4 fully saturated rings. The molecule has 2 heterocycles. The highest BCUT2D eigenvalue weighted by Gasteiger charge is 2.60. The summed E-state index contributed by atoms with van der Waals surface area (Å²) < 4.78 is 1.88. The number of Topliss-reactive ketones (excluding diaryl/α,β-unsaturated/α-hetero) is 1. The molecular weight excluding hydrogens is 422 g/mol. The number of rotatable bonds is 3. The monoisotopic (exact) mass is 465 g/mol. The Morgan fingerprint density at radius 1 is 1.03 bits per heavy atom. The maximum absolute atomic E-state index is 13.6. The van der Waals surface area contributed by atoms with Crippen molar-refractivity contribution in [2.75, 3.05) is 7.11 Å². The van der Waals surface area contributed by atoms with Crippen LogP contribution in [0.4, 0.5) is 0 Å². The molecule has 0 spiro atoms. The molecule has 2 aromatic rings. The summed E-state index contributed by atoms with van der Waals surface area (Å²) in [5, 5.41) is 12.6. The molecule has 4 saturated carbocycles. The number of carbonyl (C=O) groups excluding carboxylic acids is 1. The third-order valence-corrected chi connectivity index (χ3v) is 11.1. The maximum atomic E-state index is 13.6. The zero-order chi connectivity index (χ0) is 24.1. The van der Waals surface area contributed by atoms with E-state index in [-0.39, 0.29) is 11.3 Å². The third kappa shape index (κ3) is 3.65. The third-order valence-electron chi connectivity index (χ3n) is 11.1. The molecular formula is C29H43N3O2. The SMILES string of the molecule is CC1CCC2(C)C(CCC3C2CC[C@]2(C)C(C(=O)Cn4ncc5ccncc54)CCC32)C1.CO. The Kier molecular flexibility index (Phi) is 6.37. The van der Waals surface area contributed by atoms with E-state index in [0.29, 0.717) is 17.7 Å². The first-order valence-corrected chi connectivity index (χ1v) is 13.6. The van der Waals surface area contributed by atoms with E-state index in [1.807, 2.05) is 23.1 Å². The van der Waals surface area contributed by atoms with Crippen LogP contribution in [0, 0.1) is 46.3 Å². The Labute approximate surface area is 204 Å². The fourth-order valence-electron chi connectivity index (χ4n) is 9.30. The molecule has 2 aromatic heterocycles. The Hall–Kier alpha value is -1.75. The first kappa shape index (κ1) is 24.0.